The predicted octanol–water partition coefficient (Wildman–Crippen LogP) is 4.22. The summed E-state index contributed by atoms with van der Waals surface area (Å²) in [7, 11) is -5.48. The van der Waals surface area contributed by atoms with Crippen LogP contribution in [0.5, 0.6) is 0 Å². The van der Waals surface area contributed by atoms with Crippen LogP contribution < -0.4 is 0 Å². The van der Waals surface area contributed by atoms with Gasteiger partial charge in [-0.2, -0.15) is 21.6 Å². The van der Waals surface area contributed by atoms with Crippen molar-refractivity contribution in [3.8, 4) is 0 Å². The second kappa shape index (κ2) is 8.53. The van der Waals surface area contributed by atoms with Gasteiger partial charge in [0.25, 0.3) is 0 Å². The summed E-state index contributed by atoms with van der Waals surface area (Å²) in [5.41, 5.74) is -3.19. The number of hydrogen-bond donors (Lipinski definition) is 0. The van der Waals surface area contributed by atoms with E-state index in [0.717, 1.165) is 31.2 Å². The first kappa shape index (κ1) is 19.0. The maximum absolute atomic E-state index is 12.1. The molecule has 0 saturated heterocycles. The Labute approximate surface area is 129 Å². The fraction of sp³-hybridized carbons (Fsp3) is 0.600. The van der Waals surface area contributed by atoms with Gasteiger partial charge in [-0.25, -0.2) is 0 Å². The molecule has 0 atom stereocenters. The number of unbranched alkanes of at least 4 members (excludes halogenated alkanes) is 2. The molecule has 1 aromatic rings. The Morgan fingerprint density at radius 1 is 1.05 bits per heavy atom. The molecule has 0 aliphatic rings. The molecule has 0 unspecified atom stereocenters. The van der Waals surface area contributed by atoms with E-state index in [-0.39, 0.29) is 6.42 Å². The molecular weight excluding hydrogens is 317 g/mol. The van der Waals surface area contributed by atoms with Gasteiger partial charge in [0.05, 0.1) is 6.61 Å². The lowest BCUT2D eigenvalue weighted by Gasteiger charge is -2.08. The van der Waals surface area contributed by atoms with Gasteiger partial charge in [0.2, 0.25) is 0 Å². The van der Waals surface area contributed by atoms with Gasteiger partial charge in [-0.1, -0.05) is 44.0 Å². The SMILES string of the molecule is CCCCCc1cccc(CCCOS(=O)(=O)C(F)(F)F)c1. The summed E-state index contributed by atoms with van der Waals surface area (Å²) in [5, 5.41) is 0. The third-order valence-corrected chi connectivity index (χ3v) is 4.24. The number of aryl methyl sites for hydroxylation is 2. The standard InChI is InChI=1S/C15H21F3O3S/c1-2-3-4-7-13-8-5-9-14(12-13)10-6-11-21-22(19,20)15(16,17)18/h5,8-9,12H,2-4,6-7,10-11H2,1H3. The highest BCUT2D eigenvalue weighted by Crippen LogP contribution is 2.24. The van der Waals surface area contributed by atoms with Gasteiger partial charge in [0.1, 0.15) is 0 Å². The van der Waals surface area contributed by atoms with E-state index >= 15 is 0 Å². The Balaban J connectivity index is 2.41. The van der Waals surface area contributed by atoms with E-state index in [2.05, 4.69) is 11.1 Å². The molecule has 1 rings (SSSR count). The van der Waals surface area contributed by atoms with Gasteiger partial charge in [0.15, 0.2) is 0 Å². The van der Waals surface area contributed by atoms with Crippen molar-refractivity contribution in [3.63, 3.8) is 0 Å². The monoisotopic (exact) mass is 338 g/mol. The van der Waals surface area contributed by atoms with E-state index in [9.17, 15) is 21.6 Å². The normalized spacial score (nSPS) is 12.5. The lowest BCUT2D eigenvalue weighted by atomic mass is 10.0. The van der Waals surface area contributed by atoms with E-state index in [1.54, 1.807) is 0 Å². The average Bonchev–Trinajstić information content (AvgIpc) is 2.43. The minimum atomic E-state index is -5.48. The third kappa shape index (κ3) is 6.36. The predicted molar refractivity (Wildman–Crippen MR) is 78.9 cm³/mol. The van der Waals surface area contributed by atoms with Crippen molar-refractivity contribution in [2.45, 2.75) is 51.0 Å². The Kier molecular flexibility index (Phi) is 7.35. The molecule has 0 saturated carbocycles. The first-order valence-electron chi connectivity index (χ1n) is 7.30. The second-order valence-electron chi connectivity index (χ2n) is 5.10. The Morgan fingerprint density at radius 2 is 1.64 bits per heavy atom. The maximum atomic E-state index is 12.1. The minimum absolute atomic E-state index is 0.216. The van der Waals surface area contributed by atoms with Crippen LogP contribution in [0.2, 0.25) is 0 Å². The molecule has 0 radical (unpaired) electrons. The highest BCUT2D eigenvalue weighted by molar-refractivity contribution is 7.87. The summed E-state index contributed by atoms with van der Waals surface area (Å²) < 4.78 is 61.6. The summed E-state index contributed by atoms with van der Waals surface area (Å²) >= 11 is 0. The summed E-state index contributed by atoms with van der Waals surface area (Å²) in [5.74, 6) is 0. The molecule has 0 aromatic heterocycles. The largest absolute Gasteiger partial charge is 0.523 e. The molecule has 0 bridgehead atoms. The molecular formula is C15H21F3O3S. The molecule has 0 spiro atoms. The van der Waals surface area contributed by atoms with E-state index < -0.39 is 22.2 Å². The van der Waals surface area contributed by atoms with Crippen LogP contribution in [-0.4, -0.2) is 20.5 Å². The van der Waals surface area contributed by atoms with E-state index in [1.165, 1.54) is 5.56 Å². The number of alkyl halides is 3. The van der Waals surface area contributed by atoms with Crippen LogP contribution in [0, 0.1) is 0 Å². The van der Waals surface area contributed by atoms with Crippen LogP contribution in [0.25, 0.3) is 0 Å². The zero-order valence-electron chi connectivity index (χ0n) is 12.5. The van der Waals surface area contributed by atoms with E-state index in [4.69, 9.17) is 0 Å². The quantitative estimate of drug-likeness (QED) is 0.385. The van der Waals surface area contributed by atoms with Crippen molar-refractivity contribution in [1.82, 2.24) is 0 Å². The molecule has 0 aliphatic heterocycles. The molecule has 22 heavy (non-hydrogen) atoms. The molecule has 3 nitrogen and oxygen atoms in total. The molecule has 1 aromatic carbocycles. The zero-order chi connectivity index (χ0) is 16.6. The van der Waals surface area contributed by atoms with Gasteiger partial charge >= 0.3 is 15.6 Å². The van der Waals surface area contributed by atoms with Crippen molar-refractivity contribution in [3.05, 3.63) is 35.4 Å². The lowest BCUT2D eigenvalue weighted by Crippen LogP contribution is -2.25. The first-order chi connectivity index (χ1) is 10.3. The second-order valence-corrected chi connectivity index (χ2v) is 6.71. The molecule has 7 heteroatoms. The lowest BCUT2D eigenvalue weighted by molar-refractivity contribution is -0.0542. The molecule has 126 valence electrons. The van der Waals surface area contributed by atoms with Crippen LogP contribution in [0.4, 0.5) is 13.2 Å². The molecule has 0 fully saturated rings. The fourth-order valence-corrected chi connectivity index (χ4v) is 2.50. The summed E-state index contributed by atoms with van der Waals surface area (Å²) in [6.07, 6.45) is 5.08. The smallest absolute Gasteiger partial charge is 0.263 e. The van der Waals surface area contributed by atoms with Crippen molar-refractivity contribution in [2.75, 3.05) is 6.61 Å². The average molecular weight is 338 g/mol. The summed E-state index contributed by atoms with van der Waals surface area (Å²) in [4.78, 5) is 0. The van der Waals surface area contributed by atoms with Crippen molar-refractivity contribution >= 4 is 10.1 Å². The van der Waals surface area contributed by atoms with Crippen LogP contribution in [0.3, 0.4) is 0 Å². The highest BCUT2D eigenvalue weighted by Gasteiger charge is 2.47. The minimum Gasteiger partial charge on any atom is -0.263 e. The van der Waals surface area contributed by atoms with Crippen molar-refractivity contribution in [1.29, 1.82) is 0 Å². The Bertz CT molecular complexity index is 553. The fourth-order valence-electron chi connectivity index (χ4n) is 2.03. The number of halogens is 3. The number of hydrogen-bond acceptors (Lipinski definition) is 3. The van der Waals surface area contributed by atoms with Gasteiger partial charge in [-0.3, -0.25) is 4.18 Å². The van der Waals surface area contributed by atoms with Crippen LogP contribution in [-0.2, 0) is 27.1 Å². The topological polar surface area (TPSA) is 43.4 Å². The van der Waals surface area contributed by atoms with Crippen LogP contribution >= 0.6 is 0 Å². The summed E-state index contributed by atoms with van der Waals surface area (Å²) in [6.45, 7) is 1.66. The van der Waals surface area contributed by atoms with Crippen molar-refractivity contribution < 1.29 is 25.8 Å². The van der Waals surface area contributed by atoms with Crippen LogP contribution in [0.15, 0.2) is 24.3 Å². The third-order valence-electron chi connectivity index (χ3n) is 3.19. The molecule has 0 heterocycles. The van der Waals surface area contributed by atoms with Crippen LogP contribution in [0.1, 0.15) is 43.7 Å². The van der Waals surface area contributed by atoms with E-state index in [0.29, 0.717) is 6.42 Å². The highest BCUT2D eigenvalue weighted by atomic mass is 32.2. The molecule has 0 amide bonds. The van der Waals surface area contributed by atoms with Gasteiger partial charge in [0, 0.05) is 0 Å². The Hall–Kier alpha value is -1.08. The number of benzene rings is 1. The Morgan fingerprint density at radius 3 is 2.18 bits per heavy atom. The maximum Gasteiger partial charge on any atom is 0.523 e. The van der Waals surface area contributed by atoms with E-state index in [1.807, 2.05) is 24.3 Å². The number of rotatable bonds is 9. The van der Waals surface area contributed by atoms with Crippen molar-refractivity contribution in [2.24, 2.45) is 0 Å². The molecule has 0 N–H and O–H groups in total. The first-order valence-corrected chi connectivity index (χ1v) is 8.70. The zero-order valence-corrected chi connectivity index (χ0v) is 13.3. The molecule has 0 aliphatic carbocycles. The van der Waals surface area contributed by atoms with Gasteiger partial charge in [-0.15, -0.1) is 0 Å². The van der Waals surface area contributed by atoms with Gasteiger partial charge in [-0.05, 0) is 36.8 Å². The summed E-state index contributed by atoms with van der Waals surface area (Å²) in [6, 6.07) is 7.81. The van der Waals surface area contributed by atoms with Gasteiger partial charge < -0.3 is 0 Å².